The van der Waals surface area contributed by atoms with Crippen LogP contribution in [0.4, 0.5) is 0 Å². The Kier molecular flexibility index (Phi) is 4.61. The molecule has 0 aliphatic carbocycles. The summed E-state index contributed by atoms with van der Waals surface area (Å²) in [6, 6.07) is 13.7. The molecule has 2 aromatic heterocycles. The first-order chi connectivity index (χ1) is 14.2. The number of ether oxygens (including phenoxy) is 1. The van der Waals surface area contributed by atoms with E-state index in [0.717, 1.165) is 21.7 Å². The summed E-state index contributed by atoms with van der Waals surface area (Å²) in [6.45, 7) is 4.44. The van der Waals surface area contributed by atoms with Gasteiger partial charge < -0.3 is 14.2 Å². The Morgan fingerprint density at radius 2 is 1.90 bits per heavy atom. The molecule has 7 heteroatoms. The van der Waals surface area contributed by atoms with Crippen LogP contribution in [0.1, 0.15) is 15.9 Å². The molecule has 1 aliphatic heterocycles. The topological polar surface area (TPSA) is 68.5 Å². The SMILES string of the molecule is Cc1ccc(-c2nc(-c3noc4ccc(C(=O)N5CCOCC5)cc34)cs2)cc1. The molecule has 0 bridgehead atoms. The van der Waals surface area contributed by atoms with Crippen LogP contribution in [-0.4, -0.2) is 47.3 Å². The molecular formula is C22H19N3O3S. The first-order valence-corrected chi connectivity index (χ1v) is 10.4. The van der Waals surface area contributed by atoms with Gasteiger partial charge in [-0.05, 0) is 25.1 Å². The fourth-order valence-corrected chi connectivity index (χ4v) is 4.23. The number of fused-ring (bicyclic) bond motifs is 1. The molecule has 1 amide bonds. The monoisotopic (exact) mass is 405 g/mol. The molecule has 0 atom stereocenters. The average Bonchev–Trinajstić information content (AvgIpc) is 3.41. The summed E-state index contributed by atoms with van der Waals surface area (Å²) in [5, 5.41) is 7.92. The van der Waals surface area contributed by atoms with Gasteiger partial charge in [-0.25, -0.2) is 4.98 Å². The largest absolute Gasteiger partial charge is 0.378 e. The molecule has 6 nitrogen and oxygen atoms in total. The van der Waals surface area contributed by atoms with Gasteiger partial charge in [-0.1, -0.05) is 35.0 Å². The van der Waals surface area contributed by atoms with E-state index >= 15 is 0 Å². The number of hydrogen-bond donors (Lipinski definition) is 0. The summed E-state index contributed by atoms with van der Waals surface area (Å²) in [6.07, 6.45) is 0. The summed E-state index contributed by atoms with van der Waals surface area (Å²) in [4.78, 5) is 19.4. The smallest absolute Gasteiger partial charge is 0.254 e. The lowest BCUT2D eigenvalue weighted by Crippen LogP contribution is -2.40. The molecule has 2 aromatic carbocycles. The quantitative estimate of drug-likeness (QED) is 0.505. The zero-order chi connectivity index (χ0) is 19.8. The van der Waals surface area contributed by atoms with E-state index < -0.39 is 0 Å². The number of amides is 1. The van der Waals surface area contributed by atoms with Crippen LogP contribution in [0.15, 0.2) is 52.4 Å². The van der Waals surface area contributed by atoms with Crippen LogP contribution in [0.25, 0.3) is 32.9 Å². The van der Waals surface area contributed by atoms with E-state index in [1.165, 1.54) is 5.56 Å². The van der Waals surface area contributed by atoms with Gasteiger partial charge >= 0.3 is 0 Å². The Bertz CT molecular complexity index is 1170. The van der Waals surface area contributed by atoms with Crippen molar-refractivity contribution < 1.29 is 14.1 Å². The number of benzene rings is 2. The molecule has 0 unspecified atom stereocenters. The Hall–Kier alpha value is -3.03. The van der Waals surface area contributed by atoms with Gasteiger partial charge in [-0.15, -0.1) is 11.3 Å². The maximum atomic E-state index is 12.8. The van der Waals surface area contributed by atoms with Crippen molar-refractivity contribution in [3.8, 4) is 22.0 Å². The zero-order valence-corrected chi connectivity index (χ0v) is 16.7. The number of rotatable bonds is 3. The number of hydrogen-bond acceptors (Lipinski definition) is 6. The molecule has 146 valence electrons. The second-order valence-electron chi connectivity index (χ2n) is 7.05. The lowest BCUT2D eigenvalue weighted by molar-refractivity contribution is 0.0303. The highest BCUT2D eigenvalue weighted by Crippen LogP contribution is 2.33. The number of thiazole rings is 1. The molecule has 3 heterocycles. The summed E-state index contributed by atoms with van der Waals surface area (Å²) in [7, 11) is 0. The van der Waals surface area contributed by atoms with E-state index in [1.807, 2.05) is 16.3 Å². The van der Waals surface area contributed by atoms with Crippen molar-refractivity contribution in [1.29, 1.82) is 0 Å². The number of aromatic nitrogens is 2. The fraction of sp³-hybridized carbons (Fsp3) is 0.227. The van der Waals surface area contributed by atoms with Gasteiger partial charge in [-0.2, -0.15) is 0 Å². The number of nitrogens with zero attached hydrogens (tertiary/aromatic N) is 3. The van der Waals surface area contributed by atoms with E-state index in [0.29, 0.717) is 43.1 Å². The van der Waals surface area contributed by atoms with Crippen LogP contribution in [0.3, 0.4) is 0 Å². The first kappa shape index (κ1) is 18.0. The van der Waals surface area contributed by atoms with E-state index in [-0.39, 0.29) is 5.91 Å². The molecule has 0 spiro atoms. The molecule has 4 aromatic rings. The average molecular weight is 405 g/mol. The third-order valence-electron chi connectivity index (χ3n) is 5.06. The Balaban J connectivity index is 1.49. The third kappa shape index (κ3) is 3.43. The van der Waals surface area contributed by atoms with Crippen LogP contribution in [0, 0.1) is 6.92 Å². The summed E-state index contributed by atoms with van der Waals surface area (Å²) in [5.41, 5.74) is 4.96. The van der Waals surface area contributed by atoms with Gasteiger partial charge in [0.2, 0.25) is 0 Å². The second kappa shape index (κ2) is 7.42. The van der Waals surface area contributed by atoms with Crippen molar-refractivity contribution in [3.63, 3.8) is 0 Å². The Morgan fingerprint density at radius 1 is 1.10 bits per heavy atom. The molecule has 29 heavy (non-hydrogen) atoms. The van der Waals surface area contributed by atoms with Crippen LogP contribution in [0.2, 0.25) is 0 Å². The van der Waals surface area contributed by atoms with E-state index in [2.05, 4.69) is 36.3 Å². The number of morpholine rings is 1. The maximum absolute atomic E-state index is 12.8. The Morgan fingerprint density at radius 3 is 2.69 bits per heavy atom. The fourth-order valence-electron chi connectivity index (χ4n) is 3.42. The number of carbonyl (C=O) groups excluding carboxylic acids is 1. The highest BCUT2D eigenvalue weighted by atomic mass is 32.1. The summed E-state index contributed by atoms with van der Waals surface area (Å²) >= 11 is 1.57. The molecular weight excluding hydrogens is 386 g/mol. The number of aryl methyl sites for hydroxylation is 1. The lowest BCUT2D eigenvalue weighted by atomic mass is 10.1. The minimum atomic E-state index is 0.000900. The van der Waals surface area contributed by atoms with Crippen molar-refractivity contribution in [2.75, 3.05) is 26.3 Å². The molecule has 1 aliphatic rings. The normalized spacial score (nSPS) is 14.4. The predicted octanol–water partition coefficient (Wildman–Crippen LogP) is 4.40. The van der Waals surface area contributed by atoms with Gasteiger partial charge in [-0.3, -0.25) is 4.79 Å². The molecule has 1 fully saturated rings. The molecule has 5 rings (SSSR count). The van der Waals surface area contributed by atoms with Crippen molar-refractivity contribution >= 4 is 28.2 Å². The predicted molar refractivity (Wildman–Crippen MR) is 112 cm³/mol. The van der Waals surface area contributed by atoms with Gasteiger partial charge in [0.1, 0.15) is 16.4 Å². The molecule has 0 radical (unpaired) electrons. The van der Waals surface area contributed by atoms with Gasteiger partial charge in [0.05, 0.1) is 18.6 Å². The van der Waals surface area contributed by atoms with Crippen molar-refractivity contribution in [3.05, 3.63) is 59.0 Å². The van der Waals surface area contributed by atoms with E-state index in [9.17, 15) is 4.79 Å². The highest BCUT2D eigenvalue weighted by Gasteiger charge is 2.21. The van der Waals surface area contributed by atoms with Gasteiger partial charge in [0.25, 0.3) is 5.91 Å². The van der Waals surface area contributed by atoms with E-state index in [4.69, 9.17) is 14.2 Å². The van der Waals surface area contributed by atoms with Crippen LogP contribution in [-0.2, 0) is 4.74 Å². The molecule has 0 N–H and O–H groups in total. The molecule has 1 saturated heterocycles. The van der Waals surface area contributed by atoms with Gasteiger partial charge in [0, 0.05) is 29.6 Å². The Labute approximate surface area is 171 Å². The van der Waals surface area contributed by atoms with Crippen molar-refractivity contribution in [2.45, 2.75) is 6.92 Å². The van der Waals surface area contributed by atoms with Crippen molar-refractivity contribution in [1.82, 2.24) is 15.0 Å². The van der Waals surface area contributed by atoms with Crippen LogP contribution >= 0.6 is 11.3 Å². The minimum absolute atomic E-state index is 0.000900. The van der Waals surface area contributed by atoms with Crippen LogP contribution < -0.4 is 0 Å². The minimum Gasteiger partial charge on any atom is -0.378 e. The lowest BCUT2D eigenvalue weighted by Gasteiger charge is -2.26. The maximum Gasteiger partial charge on any atom is 0.254 e. The zero-order valence-electron chi connectivity index (χ0n) is 15.9. The standard InChI is InChI=1S/C22H19N3O3S/c1-14-2-4-15(5-3-14)21-23-18(13-29-21)20-17-12-16(6-7-19(17)28-24-20)22(26)25-8-10-27-11-9-25/h2-7,12-13H,8-11H2,1H3. The van der Waals surface area contributed by atoms with E-state index in [1.54, 1.807) is 23.5 Å². The highest BCUT2D eigenvalue weighted by molar-refractivity contribution is 7.13. The second-order valence-corrected chi connectivity index (χ2v) is 7.91. The van der Waals surface area contributed by atoms with Crippen LogP contribution in [0.5, 0.6) is 0 Å². The summed E-state index contributed by atoms with van der Waals surface area (Å²) < 4.78 is 10.8. The van der Waals surface area contributed by atoms with Gasteiger partial charge in [0.15, 0.2) is 5.58 Å². The van der Waals surface area contributed by atoms with Crippen molar-refractivity contribution in [2.24, 2.45) is 0 Å². The molecule has 0 saturated carbocycles. The third-order valence-corrected chi connectivity index (χ3v) is 5.95. The number of carbonyl (C=O) groups is 1. The summed E-state index contributed by atoms with van der Waals surface area (Å²) in [5.74, 6) is 0.000900. The first-order valence-electron chi connectivity index (χ1n) is 9.48.